The van der Waals surface area contributed by atoms with Crippen LogP contribution in [0.5, 0.6) is 23.0 Å². The normalized spacial score (nSPS) is 12.3. The highest BCUT2D eigenvalue weighted by molar-refractivity contribution is 6.34. The van der Waals surface area contributed by atoms with Crippen molar-refractivity contribution in [3.05, 3.63) is 312 Å². The smallest absolute Gasteiger partial charge is 0.337 e. The number of halogens is 7. The third kappa shape index (κ3) is 27.1. The van der Waals surface area contributed by atoms with E-state index in [-0.39, 0.29) is 148 Å². The number of nitrogens with one attached hydrogen (secondary N) is 4. The number of carbonyl (C=O) groups is 7. The lowest BCUT2D eigenvalue weighted by Gasteiger charge is -2.20. The summed E-state index contributed by atoms with van der Waals surface area (Å²) in [7, 11) is 6.19. The first-order chi connectivity index (χ1) is 63.1. The molecule has 11 N–H and O–H groups in total. The van der Waals surface area contributed by atoms with Crippen LogP contribution in [0.15, 0.2) is 183 Å². The quantitative estimate of drug-likeness (QED) is 0.0349. The Morgan fingerprint density at radius 2 is 0.761 bits per heavy atom. The predicted octanol–water partition coefficient (Wildman–Crippen LogP) is 16.6. The largest absolute Gasteiger partial charge is 0.497 e. The van der Waals surface area contributed by atoms with Gasteiger partial charge in [0.05, 0.1) is 156 Å². The van der Waals surface area contributed by atoms with Gasteiger partial charge in [0.1, 0.15) is 69.5 Å². The molecule has 0 bridgehead atoms. The lowest BCUT2D eigenvalue weighted by atomic mass is 9.98. The predicted molar refractivity (Wildman–Crippen MR) is 495 cm³/mol. The number of fused-ring (bicyclic) bond motifs is 3. The summed E-state index contributed by atoms with van der Waals surface area (Å²) in [5.41, 5.74) is 21.9. The number of ether oxygens (including phenoxy) is 4. The molecule has 3 aliphatic heterocycles. The Morgan fingerprint density at radius 3 is 1.10 bits per heavy atom. The van der Waals surface area contributed by atoms with E-state index in [9.17, 15) is 59.9 Å². The fourth-order valence-electron chi connectivity index (χ4n) is 13.6. The summed E-state index contributed by atoms with van der Waals surface area (Å²) < 4.78 is 108. The Labute approximate surface area is 775 Å². The summed E-state index contributed by atoms with van der Waals surface area (Å²) in [5.74, 6) is -3.82. The molecular weight excluding hydrogens is 1750 g/mol. The number of nitrogens with two attached hydrogens (primary N) is 3. The molecule has 0 atom stereocenters. The molecule has 700 valence electrons. The van der Waals surface area contributed by atoms with Gasteiger partial charge in [-0.15, -0.1) is 0 Å². The number of pyridine rings is 7. The first kappa shape index (κ1) is 101. The van der Waals surface area contributed by atoms with Crippen LogP contribution in [-0.2, 0) is 45.6 Å². The zero-order valence-corrected chi connectivity index (χ0v) is 77.4. The van der Waals surface area contributed by atoms with Crippen LogP contribution in [0.3, 0.4) is 0 Å². The highest BCUT2D eigenvalue weighted by atomic mass is 35.5. The second-order valence-corrected chi connectivity index (χ2v) is 35.5. The van der Waals surface area contributed by atoms with E-state index in [4.69, 9.17) is 52.9 Å². The van der Waals surface area contributed by atoms with Gasteiger partial charge < -0.3 is 72.3 Å². The number of nitrogens with zero attached hydrogens (tertiary/aromatic N) is 9. The number of carboxylic acids is 1. The van der Waals surface area contributed by atoms with E-state index in [1.54, 1.807) is 91.8 Å². The minimum atomic E-state index is -0.993. The molecule has 35 heteroatoms. The number of hydrogen-bond acceptors (Lipinski definition) is 21. The first-order valence-electron chi connectivity index (χ1n) is 41.8. The highest BCUT2D eigenvalue weighted by Gasteiger charge is 2.37. The Hall–Kier alpha value is -14.9. The summed E-state index contributed by atoms with van der Waals surface area (Å²) in [6.45, 7) is 24.0. The zero-order chi connectivity index (χ0) is 98.2. The minimum absolute atomic E-state index is 0. The van der Waals surface area contributed by atoms with Crippen LogP contribution in [0.2, 0.25) is 5.02 Å². The van der Waals surface area contributed by atoms with Gasteiger partial charge in [-0.1, -0.05) is 29.8 Å². The molecule has 3 aliphatic rings. The van der Waals surface area contributed by atoms with E-state index in [0.717, 1.165) is 23.3 Å². The molecule has 0 fully saturated rings. The molecule has 28 nitrogen and oxygen atoms in total. The number of carbonyl (C=O) groups excluding carboxylic acids is 6. The van der Waals surface area contributed by atoms with Crippen LogP contribution in [0, 0.1) is 34.9 Å². The Morgan fingerprint density at radius 1 is 0.425 bits per heavy atom. The zero-order valence-electron chi connectivity index (χ0n) is 76.6. The van der Waals surface area contributed by atoms with Crippen molar-refractivity contribution in [1.82, 2.24) is 66.0 Å². The Bertz CT molecular complexity index is 6290. The van der Waals surface area contributed by atoms with Crippen molar-refractivity contribution in [1.29, 1.82) is 0 Å². The SMILES string of the molecule is CC(C)(C)N.CC(C)(C)NC(=O)c1ccc(Cc2cc(-c3c(F)cccc3F)nc3c2C(=O)NC3)nc1.CC(C)(C)NC(=O)c1ccc(N)nc1.COc1ccc(CN2Cc3nc(-c4c(F)cccc4F)cc(Cc4ccc(C(=O)NC(C)(C)C)cn4)c3C2=O)c(OC)c1.COc1ccc(CN2Cc3nc(-c4c(F)cccc4F)cc(Cl)c3C2=O)c(OC)c1.Nc1ccc(C(=O)O)cn1. The van der Waals surface area contributed by atoms with Crippen LogP contribution >= 0.6 is 11.6 Å². The maximum Gasteiger partial charge on any atom is 0.337 e. The monoisotopic (exact) mass is 1860 g/mol. The number of aromatic carboxylic acids is 1. The molecular formula is C99H103ClF6N16O12. The number of methoxy groups -OCH3 is 4. The van der Waals surface area contributed by atoms with Gasteiger partial charge in [-0.2, -0.15) is 0 Å². The van der Waals surface area contributed by atoms with Crippen molar-refractivity contribution in [2.24, 2.45) is 5.73 Å². The van der Waals surface area contributed by atoms with Crippen molar-refractivity contribution < 1.29 is 84.0 Å². The van der Waals surface area contributed by atoms with E-state index in [1.807, 2.05) is 95.2 Å². The molecule has 6 amide bonds. The molecule has 5 aromatic carbocycles. The molecule has 15 rings (SSSR count). The number of amides is 6. The van der Waals surface area contributed by atoms with Gasteiger partial charge >= 0.3 is 5.97 Å². The maximum atomic E-state index is 14.8. The summed E-state index contributed by atoms with van der Waals surface area (Å²) in [5, 5.41) is 19.8. The standard InChI is InChI=1S/C33H32F2N4O4.C24H22F2N4O2.C22H17ClF2N2O3.C10H15N3O.C6H6N2O2.C4H11N/c1-33(2,3)38-31(40)19-9-11-22(36-16-19)13-21-14-26(30-24(34)7-6-8-25(30)35)37-27-18-39(32(41)29(21)27)17-20-10-12-23(42-4)15-28(20)43-5;1-24(2,3)30-22(31)13-7-8-15(27-11-13)9-14-10-18(21-16(25)5-4-6-17(21)26)29-19-12-28-23(32)20(14)19;1-29-13-7-6-12(19(8-13)30-2)10-27-11-18-20(22(27)28)14(23)9-17(26-18)21-15(24)4-3-5-16(21)25;1-10(2,3)13-9(14)7-4-5-8(11)12-6-7;7-5-2-1-4(3-8-5)6(9)10;1-4(2,3)5/h6-12,14-16H,13,17-18H2,1-5H3,(H,38,40);4-8,10-11H,9,12H2,1-3H3,(H,28,32)(H,30,31);3-9H,10-11H2,1-2H3;4-6H,1-3H3,(H2,11,12)(H,13,14);1-3H,(H2,7,8)(H,9,10);5H2,1-3H3. The van der Waals surface area contributed by atoms with Crippen LogP contribution in [-0.4, -0.2) is 142 Å². The van der Waals surface area contributed by atoms with Crippen LogP contribution in [0.4, 0.5) is 38.0 Å². The molecule has 0 aliphatic carbocycles. The number of carboxylic acid groups (broad SMARTS) is 1. The van der Waals surface area contributed by atoms with Crippen LogP contribution in [0.25, 0.3) is 33.8 Å². The molecule has 0 radical (unpaired) electrons. The van der Waals surface area contributed by atoms with Gasteiger partial charge in [0.25, 0.3) is 35.4 Å². The van der Waals surface area contributed by atoms with E-state index >= 15 is 0 Å². The molecule has 10 heterocycles. The molecule has 134 heavy (non-hydrogen) atoms. The average Bonchev–Trinajstić information content (AvgIpc) is 1.58. The fourth-order valence-corrected chi connectivity index (χ4v) is 13.9. The molecule has 0 spiro atoms. The van der Waals surface area contributed by atoms with Gasteiger partial charge in [0.15, 0.2) is 0 Å². The number of rotatable bonds is 19. The van der Waals surface area contributed by atoms with Crippen molar-refractivity contribution >= 4 is 64.6 Å². The molecule has 7 aromatic heterocycles. The summed E-state index contributed by atoms with van der Waals surface area (Å²) in [6.07, 6.45) is 6.05. The van der Waals surface area contributed by atoms with E-state index in [0.29, 0.717) is 102 Å². The highest BCUT2D eigenvalue weighted by Crippen LogP contribution is 2.39. The van der Waals surface area contributed by atoms with Gasteiger partial charge in [-0.3, -0.25) is 38.7 Å². The summed E-state index contributed by atoms with van der Waals surface area (Å²) in [4.78, 5) is 118. The van der Waals surface area contributed by atoms with Crippen LogP contribution < -0.4 is 57.4 Å². The lowest BCUT2D eigenvalue weighted by molar-refractivity contribution is 0.0693. The minimum Gasteiger partial charge on any atom is -0.497 e. The Balaban J connectivity index is 0.000000183. The Kier molecular flexibility index (Phi) is 32.8. The van der Waals surface area contributed by atoms with Crippen molar-refractivity contribution in [3.8, 4) is 56.8 Å². The average molecular weight is 1860 g/mol. The number of nitrogen functional groups attached to an aromatic ring is 2. The van der Waals surface area contributed by atoms with Crippen molar-refractivity contribution in [2.45, 2.75) is 151 Å². The number of anilines is 2. The van der Waals surface area contributed by atoms with E-state index in [1.165, 1.54) is 105 Å². The second-order valence-electron chi connectivity index (χ2n) is 35.1. The number of benzene rings is 5. The molecule has 12 aromatic rings. The van der Waals surface area contributed by atoms with Crippen molar-refractivity contribution in [2.75, 3.05) is 39.9 Å². The van der Waals surface area contributed by atoms with Gasteiger partial charge in [-0.25, -0.2) is 56.1 Å². The molecule has 0 saturated heterocycles. The maximum absolute atomic E-state index is 14.8. The van der Waals surface area contributed by atoms with Crippen molar-refractivity contribution in [3.63, 3.8) is 0 Å². The summed E-state index contributed by atoms with van der Waals surface area (Å²) in [6, 6.07) is 38.7. The van der Waals surface area contributed by atoms with E-state index in [2.05, 4.69) is 56.2 Å². The molecule has 0 saturated carbocycles. The molecule has 0 unspecified atom stereocenters. The summed E-state index contributed by atoms with van der Waals surface area (Å²) >= 11 is 6.32. The topological polar surface area (TPSA) is 400 Å². The van der Waals surface area contributed by atoms with Gasteiger partial charge in [0, 0.05) is 94.4 Å². The third-order valence-corrected chi connectivity index (χ3v) is 19.9. The third-order valence-electron chi connectivity index (χ3n) is 19.6. The first-order valence-corrected chi connectivity index (χ1v) is 42.2. The van der Waals surface area contributed by atoms with E-state index < -0.39 is 46.4 Å². The van der Waals surface area contributed by atoms with Crippen LogP contribution in [0.1, 0.15) is 206 Å². The van der Waals surface area contributed by atoms with Gasteiger partial charge in [-0.05, 0) is 222 Å². The number of hydrogen-bond donors (Lipinski definition) is 8. The lowest BCUT2D eigenvalue weighted by Crippen LogP contribution is -2.40. The van der Waals surface area contributed by atoms with Gasteiger partial charge in [0.2, 0.25) is 0 Å². The number of aromatic nitrogens is 7. The second kappa shape index (κ2) is 43.4. The fraction of sp³-hybridized carbons (Fsp3) is 0.273.